The van der Waals surface area contributed by atoms with Gasteiger partial charge in [0.25, 0.3) is 0 Å². The van der Waals surface area contributed by atoms with Crippen molar-refractivity contribution in [2.75, 3.05) is 0 Å². The van der Waals surface area contributed by atoms with E-state index in [1.54, 1.807) is 48.9 Å². The van der Waals surface area contributed by atoms with Crippen LogP contribution in [0.25, 0.3) is 0 Å². The van der Waals surface area contributed by atoms with Crippen LogP contribution in [0.1, 0.15) is 168 Å². The molecule has 0 saturated heterocycles. The number of hydrogen-bond acceptors (Lipinski definition) is 6. The molecule has 4 rings (SSSR count). The molecular formula is C55H76N2O4. The maximum Gasteiger partial charge on any atom is 0.186 e. The summed E-state index contributed by atoms with van der Waals surface area (Å²) in [6.45, 7) is 34.1. The van der Waals surface area contributed by atoms with Gasteiger partial charge in [-0.25, -0.2) is 0 Å². The summed E-state index contributed by atoms with van der Waals surface area (Å²) in [5, 5.41) is 0. The first-order valence-corrected chi connectivity index (χ1v) is 21.4. The lowest BCUT2D eigenvalue weighted by molar-refractivity contribution is -0.121. The molecule has 0 N–H and O–H groups in total. The average Bonchev–Trinajstić information content (AvgIpc) is 3.17. The van der Waals surface area contributed by atoms with Crippen molar-refractivity contribution in [1.29, 1.82) is 0 Å². The molecule has 0 radical (unpaired) electrons. The Labute approximate surface area is 369 Å². The highest BCUT2D eigenvalue weighted by molar-refractivity contribution is 6.00. The molecule has 2 heterocycles. The molecule has 3 aromatic rings. The summed E-state index contributed by atoms with van der Waals surface area (Å²) >= 11 is 0. The number of aromatic nitrogens is 2. The van der Waals surface area contributed by atoms with E-state index in [2.05, 4.69) is 55.9 Å². The summed E-state index contributed by atoms with van der Waals surface area (Å²) in [6.07, 6.45) is 21.0. The largest absolute Gasteiger partial charge is 0.294 e. The Morgan fingerprint density at radius 2 is 1.11 bits per heavy atom. The van der Waals surface area contributed by atoms with Crippen molar-refractivity contribution in [3.05, 3.63) is 155 Å². The fourth-order valence-corrected chi connectivity index (χ4v) is 5.94. The van der Waals surface area contributed by atoms with Gasteiger partial charge in [0.15, 0.2) is 23.1 Å². The van der Waals surface area contributed by atoms with Crippen LogP contribution in [0.3, 0.4) is 0 Å². The van der Waals surface area contributed by atoms with E-state index in [1.165, 1.54) is 36.0 Å². The highest BCUT2D eigenvalue weighted by atomic mass is 16.1. The third-order valence-electron chi connectivity index (χ3n) is 9.79. The molecule has 0 amide bonds. The van der Waals surface area contributed by atoms with Crippen LogP contribution in [0.4, 0.5) is 0 Å². The third-order valence-corrected chi connectivity index (χ3v) is 9.79. The Hall–Kier alpha value is -5.10. The van der Waals surface area contributed by atoms with Crippen LogP contribution >= 0.6 is 0 Å². The average molecular weight is 829 g/mol. The van der Waals surface area contributed by atoms with Crippen molar-refractivity contribution >= 4 is 23.1 Å². The van der Waals surface area contributed by atoms with E-state index in [1.807, 2.05) is 139 Å². The third kappa shape index (κ3) is 20.3. The molecule has 2 aromatic heterocycles. The van der Waals surface area contributed by atoms with Gasteiger partial charge in [-0.05, 0) is 86.9 Å². The number of pyridine rings is 2. The number of Topliss-reactive ketones (excluding diaryl/α,β-unsaturated/α-hetero) is 3. The van der Waals surface area contributed by atoms with Gasteiger partial charge in [-0.15, -0.1) is 0 Å². The summed E-state index contributed by atoms with van der Waals surface area (Å²) in [4.78, 5) is 54.8. The van der Waals surface area contributed by atoms with E-state index in [4.69, 9.17) is 0 Å². The Bertz CT molecular complexity index is 1890. The van der Waals surface area contributed by atoms with E-state index < -0.39 is 0 Å². The van der Waals surface area contributed by atoms with Crippen molar-refractivity contribution < 1.29 is 19.2 Å². The molecule has 0 unspecified atom stereocenters. The van der Waals surface area contributed by atoms with Gasteiger partial charge in [0.1, 0.15) is 5.69 Å². The van der Waals surface area contributed by atoms with Gasteiger partial charge in [-0.2, -0.15) is 0 Å². The molecule has 0 atom stereocenters. The van der Waals surface area contributed by atoms with Gasteiger partial charge >= 0.3 is 0 Å². The summed E-state index contributed by atoms with van der Waals surface area (Å²) in [5.41, 5.74) is 6.33. The molecule has 6 nitrogen and oxygen atoms in total. The number of allylic oxidation sites excluding steroid dienone is 10. The van der Waals surface area contributed by atoms with Gasteiger partial charge in [-0.1, -0.05) is 175 Å². The number of hydrogen-bond donors (Lipinski definition) is 0. The Morgan fingerprint density at radius 1 is 0.607 bits per heavy atom. The zero-order chi connectivity index (χ0) is 46.8. The van der Waals surface area contributed by atoms with E-state index >= 15 is 0 Å². The van der Waals surface area contributed by atoms with Gasteiger partial charge in [0.2, 0.25) is 0 Å². The smallest absolute Gasteiger partial charge is 0.186 e. The summed E-state index contributed by atoms with van der Waals surface area (Å²) in [6, 6.07) is 18.3. The maximum atomic E-state index is 12.0. The molecule has 0 aliphatic heterocycles. The minimum Gasteiger partial charge on any atom is -0.294 e. The lowest BCUT2D eigenvalue weighted by Crippen LogP contribution is -2.21. The maximum absolute atomic E-state index is 12.0. The molecule has 0 spiro atoms. The predicted octanol–water partition coefficient (Wildman–Crippen LogP) is 14.7. The van der Waals surface area contributed by atoms with Crippen LogP contribution in [0.2, 0.25) is 0 Å². The van der Waals surface area contributed by atoms with Gasteiger partial charge in [0, 0.05) is 51.4 Å². The molecule has 1 aliphatic carbocycles. The summed E-state index contributed by atoms with van der Waals surface area (Å²) < 4.78 is 0. The van der Waals surface area contributed by atoms with Crippen LogP contribution in [0.15, 0.2) is 138 Å². The molecule has 61 heavy (non-hydrogen) atoms. The SMILES string of the molecule is CC(C)(C)C(=O)c1ccccc1.CC(C)(C)C(=O)c1ccccn1.CC(C)(C)C(=O)c1ccncc1.CC1=C(/C=C/C(C)=C/C=C/C(C)=C/C(=O)C(C)(C)C)C(C)(C)CCC1. The minimum absolute atomic E-state index is 0.0862. The first-order valence-electron chi connectivity index (χ1n) is 21.4. The second kappa shape index (κ2) is 23.8. The fraction of sp³-hybridized carbons (Fsp3) is 0.455. The van der Waals surface area contributed by atoms with Crippen LogP contribution in [-0.4, -0.2) is 33.1 Å². The number of carbonyl (C=O) groups excluding carboxylic acids is 4. The Balaban J connectivity index is 0.000000436. The van der Waals surface area contributed by atoms with E-state index in [-0.39, 0.29) is 50.2 Å². The minimum atomic E-state index is -0.339. The molecule has 0 saturated carbocycles. The van der Waals surface area contributed by atoms with Crippen molar-refractivity contribution in [2.45, 2.75) is 137 Å². The number of nitrogens with zero attached hydrogens (tertiary/aromatic N) is 2. The van der Waals surface area contributed by atoms with Crippen molar-refractivity contribution in [2.24, 2.45) is 27.1 Å². The normalized spacial score (nSPS) is 14.8. The summed E-state index contributed by atoms with van der Waals surface area (Å²) in [7, 11) is 0. The van der Waals surface area contributed by atoms with Crippen LogP contribution in [0.5, 0.6) is 0 Å². The van der Waals surface area contributed by atoms with Gasteiger partial charge in [0.05, 0.1) is 0 Å². The number of benzene rings is 1. The Kier molecular flexibility index (Phi) is 21.0. The molecule has 330 valence electrons. The number of rotatable bonds is 8. The predicted molar refractivity (Wildman–Crippen MR) is 257 cm³/mol. The second-order valence-corrected chi connectivity index (χ2v) is 20.6. The zero-order valence-corrected chi connectivity index (χ0v) is 40.6. The molecule has 0 bridgehead atoms. The molecule has 1 aliphatic rings. The standard InChI is InChI=1S/C24H36O.C11H14O.2C10H13NO/c1-18(11-9-12-19(2)17-22(25)23(4,5)6)14-15-21-20(3)13-10-16-24(21,7)8;1-11(2,3)10(12)9-7-5-4-6-8-9;1-10(2,3)9(12)8-4-6-11-7-5-8;1-10(2,3)9(12)8-6-4-5-7-11-8/h9,11-12,14-15,17H,10,13,16H2,1-8H3;4-8H,1-3H3;2*4-7H,1-3H3/b12-9+,15-14+,18-11+,19-17+;;;. The lowest BCUT2D eigenvalue weighted by Gasteiger charge is -2.32. The van der Waals surface area contributed by atoms with Crippen molar-refractivity contribution in [3.63, 3.8) is 0 Å². The first kappa shape index (κ1) is 53.9. The van der Waals surface area contributed by atoms with Crippen molar-refractivity contribution in [3.8, 4) is 0 Å². The topological polar surface area (TPSA) is 94.1 Å². The number of carbonyl (C=O) groups is 4. The van der Waals surface area contributed by atoms with E-state index in [9.17, 15) is 19.2 Å². The second-order valence-electron chi connectivity index (χ2n) is 20.6. The fourth-order valence-electron chi connectivity index (χ4n) is 5.94. The van der Waals surface area contributed by atoms with Crippen molar-refractivity contribution in [1.82, 2.24) is 9.97 Å². The molecular weight excluding hydrogens is 753 g/mol. The van der Waals surface area contributed by atoms with Crippen LogP contribution in [-0.2, 0) is 4.79 Å². The Morgan fingerprint density at radius 3 is 1.57 bits per heavy atom. The summed E-state index contributed by atoms with van der Waals surface area (Å²) in [5.74, 6) is 0.605. The molecule has 1 aromatic carbocycles. The highest BCUT2D eigenvalue weighted by Gasteiger charge is 2.27. The van der Waals surface area contributed by atoms with Gasteiger partial charge < -0.3 is 0 Å². The first-order chi connectivity index (χ1) is 28.0. The quantitative estimate of drug-likeness (QED) is 0.127. The van der Waals surface area contributed by atoms with Gasteiger partial charge in [-0.3, -0.25) is 29.1 Å². The van der Waals surface area contributed by atoms with Crippen LogP contribution in [0, 0.1) is 27.1 Å². The zero-order valence-electron chi connectivity index (χ0n) is 40.6. The highest BCUT2D eigenvalue weighted by Crippen LogP contribution is 2.40. The number of ketones is 4. The molecule has 0 fully saturated rings. The van der Waals surface area contributed by atoms with E-state index in [0.29, 0.717) is 5.69 Å². The molecule has 6 heteroatoms. The monoisotopic (exact) mass is 829 g/mol. The van der Waals surface area contributed by atoms with Crippen LogP contribution < -0.4 is 0 Å². The lowest BCUT2D eigenvalue weighted by atomic mass is 9.72. The van der Waals surface area contributed by atoms with E-state index in [0.717, 1.165) is 16.7 Å².